The van der Waals surface area contributed by atoms with Crippen molar-refractivity contribution in [3.63, 3.8) is 0 Å². The van der Waals surface area contributed by atoms with Crippen LogP contribution >= 0.6 is 0 Å². The van der Waals surface area contributed by atoms with Gasteiger partial charge >= 0.3 is 0 Å². The first-order chi connectivity index (χ1) is 20.0. The van der Waals surface area contributed by atoms with Crippen LogP contribution < -0.4 is 0 Å². The molecule has 0 radical (unpaired) electrons. The molecular formula is C36H32F2N4. The highest BCUT2D eigenvalue weighted by Crippen LogP contribution is 2.39. The maximum atomic E-state index is 15.2. The average Bonchev–Trinajstić information content (AvgIpc) is 3.01. The first kappa shape index (κ1) is 28.8. The SMILES string of the molecule is CC(C)(c1cccc(C(C)(C)c2ccc(F)c(C#N)c2F)n1)c1cccc(C(C)(c2ccccc2)c2ccccn2)n1. The van der Waals surface area contributed by atoms with Crippen molar-refractivity contribution in [1.29, 1.82) is 5.26 Å². The summed E-state index contributed by atoms with van der Waals surface area (Å²) >= 11 is 0. The van der Waals surface area contributed by atoms with Gasteiger partial charge in [0.25, 0.3) is 0 Å². The van der Waals surface area contributed by atoms with Crippen LogP contribution in [0.25, 0.3) is 0 Å². The smallest absolute Gasteiger partial charge is 0.148 e. The minimum Gasteiger partial charge on any atom is -0.260 e. The molecule has 2 aromatic carbocycles. The van der Waals surface area contributed by atoms with E-state index in [1.165, 1.54) is 6.07 Å². The lowest BCUT2D eigenvalue weighted by Crippen LogP contribution is -2.31. The number of rotatable bonds is 7. The Hall–Kier alpha value is -4.76. The molecule has 0 saturated heterocycles. The molecule has 210 valence electrons. The minimum absolute atomic E-state index is 0.206. The van der Waals surface area contributed by atoms with Crippen LogP contribution in [0.5, 0.6) is 0 Å². The molecule has 5 rings (SSSR count). The molecule has 1 atom stereocenters. The van der Waals surface area contributed by atoms with Crippen molar-refractivity contribution in [3.8, 4) is 6.07 Å². The van der Waals surface area contributed by atoms with Gasteiger partial charge in [-0.3, -0.25) is 15.0 Å². The van der Waals surface area contributed by atoms with E-state index in [1.54, 1.807) is 12.3 Å². The first-order valence-corrected chi connectivity index (χ1v) is 13.8. The number of benzene rings is 2. The van der Waals surface area contributed by atoms with Crippen LogP contribution in [0.2, 0.25) is 0 Å². The van der Waals surface area contributed by atoms with Crippen molar-refractivity contribution in [1.82, 2.24) is 15.0 Å². The average molecular weight is 559 g/mol. The molecule has 0 amide bonds. The fourth-order valence-electron chi connectivity index (χ4n) is 5.46. The third kappa shape index (κ3) is 4.86. The van der Waals surface area contributed by atoms with Gasteiger partial charge in [0.15, 0.2) is 0 Å². The summed E-state index contributed by atoms with van der Waals surface area (Å²) < 4.78 is 29.3. The van der Waals surface area contributed by atoms with Crippen LogP contribution in [0, 0.1) is 23.0 Å². The lowest BCUT2D eigenvalue weighted by molar-refractivity contribution is 0.513. The molecule has 1 unspecified atom stereocenters. The monoisotopic (exact) mass is 558 g/mol. The molecule has 0 aliphatic carbocycles. The fourth-order valence-corrected chi connectivity index (χ4v) is 5.46. The van der Waals surface area contributed by atoms with E-state index in [4.69, 9.17) is 15.0 Å². The highest BCUT2D eigenvalue weighted by Gasteiger charge is 2.37. The molecule has 0 fully saturated rings. The van der Waals surface area contributed by atoms with Crippen molar-refractivity contribution >= 4 is 0 Å². The standard InChI is InChI=1S/C36H32F2N4/c1-34(2,26-20-21-27(37)25(23-39)33(26)38)28-16-11-17-29(41-28)35(3,4)30-18-12-19-32(42-30)36(5,24-13-7-6-8-14-24)31-15-9-10-22-40-31/h6-22H,1-5H3. The highest BCUT2D eigenvalue weighted by atomic mass is 19.1. The van der Waals surface area contributed by atoms with Crippen molar-refractivity contribution in [2.75, 3.05) is 0 Å². The van der Waals surface area contributed by atoms with Gasteiger partial charge in [-0.05, 0) is 68.8 Å². The number of aromatic nitrogens is 3. The van der Waals surface area contributed by atoms with Crippen LogP contribution in [0.15, 0.2) is 103 Å². The number of halogens is 2. The third-order valence-corrected chi connectivity index (χ3v) is 8.34. The Kier molecular flexibility index (Phi) is 7.47. The summed E-state index contributed by atoms with van der Waals surface area (Å²) in [5, 5.41) is 9.31. The van der Waals surface area contributed by atoms with E-state index in [-0.39, 0.29) is 5.56 Å². The Morgan fingerprint density at radius 1 is 0.595 bits per heavy atom. The lowest BCUT2D eigenvalue weighted by Gasteiger charge is -2.32. The number of nitrogens with zero attached hydrogens (tertiary/aromatic N) is 4. The molecule has 6 heteroatoms. The molecule has 0 bridgehead atoms. The molecule has 0 aliphatic rings. The van der Waals surface area contributed by atoms with E-state index >= 15 is 4.39 Å². The zero-order valence-electron chi connectivity index (χ0n) is 24.4. The van der Waals surface area contributed by atoms with Crippen molar-refractivity contribution in [2.24, 2.45) is 0 Å². The summed E-state index contributed by atoms with van der Waals surface area (Å²) in [5.74, 6) is -1.74. The lowest BCUT2D eigenvalue weighted by atomic mass is 9.75. The van der Waals surface area contributed by atoms with Gasteiger partial charge in [0, 0.05) is 22.6 Å². The topological polar surface area (TPSA) is 62.5 Å². The first-order valence-electron chi connectivity index (χ1n) is 13.8. The van der Waals surface area contributed by atoms with Gasteiger partial charge in [0.1, 0.15) is 23.3 Å². The third-order valence-electron chi connectivity index (χ3n) is 8.34. The van der Waals surface area contributed by atoms with E-state index in [9.17, 15) is 9.65 Å². The molecule has 3 heterocycles. The van der Waals surface area contributed by atoms with E-state index in [1.807, 2.05) is 86.6 Å². The molecule has 0 spiro atoms. The van der Waals surface area contributed by atoms with E-state index in [0.29, 0.717) is 5.69 Å². The van der Waals surface area contributed by atoms with Crippen LogP contribution in [-0.2, 0) is 16.2 Å². The summed E-state index contributed by atoms with van der Waals surface area (Å²) in [5.41, 5.74) is 2.44. The Labute approximate surface area is 245 Å². The Bertz CT molecular complexity index is 1730. The summed E-state index contributed by atoms with van der Waals surface area (Å²) in [7, 11) is 0. The number of hydrogen-bond donors (Lipinski definition) is 0. The van der Waals surface area contributed by atoms with Crippen LogP contribution in [-0.4, -0.2) is 15.0 Å². The number of nitriles is 1. The maximum absolute atomic E-state index is 15.2. The summed E-state index contributed by atoms with van der Waals surface area (Å²) in [6.45, 7) is 9.90. The second kappa shape index (κ2) is 10.9. The molecule has 3 aromatic heterocycles. The second-order valence-corrected chi connectivity index (χ2v) is 11.7. The Morgan fingerprint density at radius 2 is 1.14 bits per heavy atom. The van der Waals surface area contributed by atoms with Crippen LogP contribution in [0.4, 0.5) is 8.78 Å². The Morgan fingerprint density at radius 3 is 1.74 bits per heavy atom. The maximum Gasteiger partial charge on any atom is 0.148 e. The van der Waals surface area contributed by atoms with Gasteiger partial charge in [-0.2, -0.15) is 5.26 Å². The predicted molar refractivity (Wildman–Crippen MR) is 160 cm³/mol. The van der Waals surface area contributed by atoms with E-state index in [2.05, 4.69) is 32.9 Å². The molecule has 5 aromatic rings. The normalized spacial score (nSPS) is 13.3. The highest BCUT2D eigenvalue weighted by molar-refractivity contribution is 5.46. The summed E-state index contributed by atoms with van der Waals surface area (Å²) in [4.78, 5) is 14.9. The zero-order chi connectivity index (χ0) is 30.1. The quantitative estimate of drug-likeness (QED) is 0.203. The van der Waals surface area contributed by atoms with Gasteiger partial charge in [-0.1, -0.05) is 68.4 Å². The Balaban J connectivity index is 1.60. The number of pyridine rings is 3. The van der Waals surface area contributed by atoms with Gasteiger partial charge < -0.3 is 0 Å². The summed E-state index contributed by atoms with van der Waals surface area (Å²) in [6.07, 6.45) is 1.80. The van der Waals surface area contributed by atoms with E-state index < -0.39 is 33.4 Å². The van der Waals surface area contributed by atoms with Crippen LogP contribution in [0.1, 0.15) is 79.8 Å². The van der Waals surface area contributed by atoms with Gasteiger partial charge in [-0.15, -0.1) is 0 Å². The second-order valence-electron chi connectivity index (χ2n) is 11.7. The fraction of sp³-hybridized carbons (Fsp3) is 0.222. The number of hydrogen-bond acceptors (Lipinski definition) is 4. The van der Waals surface area contributed by atoms with Gasteiger partial charge in [0.05, 0.1) is 33.9 Å². The van der Waals surface area contributed by atoms with Gasteiger partial charge in [-0.25, -0.2) is 8.78 Å². The van der Waals surface area contributed by atoms with Crippen molar-refractivity contribution in [3.05, 3.63) is 160 Å². The molecule has 0 aliphatic heterocycles. The molecule has 42 heavy (non-hydrogen) atoms. The van der Waals surface area contributed by atoms with E-state index in [0.717, 1.165) is 34.4 Å². The molecule has 0 N–H and O–H groups in total. The predicted octanol–water partition coefficient (Wildman–Crippen LogP) is 8.03. The van der Waals surface area contributed by atoms with Crippen LogP contribution in [0.3, 0.4) is 0 Å². The van der Waals surface area contributed by atoms with Gasteiger partial charge in [0.2, 0.25) is 0 Å². The molecule has 0 saturated carbocycles. The van der Waals surface area contributed by atoms with Crippen molar-refractivity contribution < 1.29 is 8.78 Å². The zero-order valence-corrected chi connectivity index (χ0v) is 24.4. The largest absolute Gasteiger partial charge is 0.260 e. The molecular weight excluding hydrogens is 526 g/mol. The molecule has 4 nitrogen and oxygen atoms in total. The minimum atomic E-state index is -0.935. The van der Waals surface area contributed by atoms with Crippen molar-refractivity contribution in [2.45, 2.75) is 50.9 Å². The summed E-state index contributed by atoms with van der Waals surface area (Å²) in [6, 6.07) is 32.0.